The fraction of sp³-hybridized carbons (Fsp3) is 0.464. The minimum absolute atomic E-state index is 0.0633. The molecule has 200 valence electrons. The Morgan fingerprint density at radius 1 is 1.11 bits per heavy atom. The zero-order chi connectivity index (χ0) is 27.1. The molecule has 1 aliphatic rings. The Labute approximate surface area is 222 Å². The van der Waals surface area contributed by atoms with E-state index in [-0.39, 0.29) is 23.7 Å². The second-order valence-corrected chi connectivity index (χ2v) is 11.1. The largest absolute Gasteiger partial charge is 0.461 e. The number of primary amides is 2. The molecule has 1 saturated carbocycles. The fourth-order valence-corrected chi connectivity index (χ4v) is 5.73. The molecule has 37 heavy (non-hydrogen) atoms. The topological polar surface area (TPSA) is 137 Å². The van der Waals surface area contributed by atoms with Crippen molar-refractivity contribution in [2.45, 2.75) is 71.9 Å². The normalized spacial score (nSPS) is 14.8. The van der Waals surface area contributed by atoms with E-state index in [1.165, 1.54) is 11.3 Å². The predicted octanol–water partition coefficient (Wildman–Crippen LogP) is 5.12. The van der Waals surface area contributed by atoms with Crippen molar-refractivity contribution in [1.29, 1.82) is 0 Å². The van der Waals surface area contributed by atoms with Crippen LogP contribution in [0.2, 0.25) is 0 Å². The Kier molecular flexibility index (Phi) is 9.88. The number of thiophene rings is 1. The molecule has 0 aliphatic heterocycles. The zero-order valence-corrected chi connectivity index (χ0v) is 22.9. The van der Waals surface area contributed by atoms with Crippen molar-refractivity contribution in [3.63, 3.8) is 0 Å². The van der Waals surface area contributed by atoms with Gasteiger partial charge in [0.2, 0.25) is 0 Å². The summed E-state index contributed by atoms with van der Waals surface area (Å²) in [6.07, 6.45) is 9.06. The Bertz CT molecular complexity index is 1140. The number of hydrogen-bond acceptors (Lipinski definition) is 6. The highest BCUT2D eigenvalue weighted by Gasteiger charge is 2.25. The van der Waals surface area contributed by atoms with Crippen LogP contribution in [-0.4, -0.2) is 36.6 Å². The number of anilines is 1. The highest BCUT2D eigenvalue weighted by molar-refractivity contribution is 7.20. The third-order valence-electron chi connectivity index (χ3n) is 6.46. The molecule has 3 rings (SSSR count). The molecule has 1 aromatic carbocycles. The van der Waals surface area contributed by atoms with Crippen molar-refractivity contribution < 1.29 is 19.1 Å². The number of aryl methyl sites for hydroxylation is 2. The minimum Gasteiger partial charge on any atom is -0.461 e. The van der Waals surface area contributed by atoms with Gasteiger partial charge in [-0.1, -0.05) is 38.1 Å². The molecule has 8 nitrogen and oxygen atoms in total. The summed E-state index contributed by atoms with van der Waals surface area (Å²) in [5, 5.41) is 6.17. The molecule has 0 spiro atoms. The molecule has 1 aliphatic carbocycles. The Balaban J connectivity index is 1.70. The average molecular weight is 527 g/mol. The summed E-state index contributed by atoms with van der Waals surface area (Å²) in [6, 6.07) is 4.67. The lowest BCUT2D eigenvalue weighted by Crippen LogP contribution is -2.40. The van der Waals surface area contributed by atoms with E-state index in [2.05, 4.69) is 30.6 Å². The van der Waals surface area contributed by atoms with Crippen LogP contribution in [0.1, 0.15) is 73.0 Å². The van der Waals surface area contributed by atoms with Gasteiger partial charge in [0, 0.05) is 11.4 Å². The first-order valence-electron chi connectivity index (χ1n) is 12.8. The van der Waals surface area contributed by atoms with Gasteiger partial charge in [-0.15, -0.1) is 11.3 Å². The smallest absolute Gasteiger partial charge is 0.323 e. The lowest BCUT2D eigenvalue weighted by Gasteiger charge is -2.21. The monoisotopic (exact) mass is 526 g/mol. The predicted molar refractivity (Wildman–Crippen MR) is 150 cm³/mol. The number of urea groups is 1. The van der Waals surface area contributed by atoms with Gasteiger partial charge < -0.3 is 21.5 Å². The molecule has 3 amide bonds. The fourth-order valence-electron chi connectivity index (χ4n) is 4.67. The van der Waals surface area contributed by atoms with Crippen LogP contribution in [0.3, 0.4) is 0 Å². The number of amides is 3. The number of hydrogen-bond donors (Lipinski definition) is 4. The van der Waals surface area contributed by atoms with E-state index in [0.29, 0.717) is 17.5 Å². The number of benzene rings is 1. The lowest BCUT2D eigenvalue weighted by molar-refractivity contribution is -0.151. The van der Waals surface area contributed by atoms with E-state index in [0.717, 1.165) is 59.2 Å². The molecule has 0 radical (unpaired) electrons. The second kappa shape index (κ2) is 12.9. The van der Waals surface area contributed by atoms with Crippen LogP contribution in [0, 0.1) is 19.8 Å². The van der Waals surface area contributed by atoms with Crippen molar-refractivity contribution in [3.8, 4) is 10.4 Å². The summed E-state index contributed by atoms with van der Waals surface area (Å²) in [7, 11) is 0. The number of carbonyl (C=O) groups is 3. The molecule has 1 fully saturated rings. The molecule has 2 aromatic rings. The van der Waals surface area contributed by atoms with Gasteiger partial charge in [0.25, 0.3) is 5.91 Å². The maximum Gasteiger partial charge on any atom is 0.323 e. The van der Waals surface area contributed by atoms with Crippen molar-refractivity contribution in [2.75, 3.05) is 11.9 Å². The van der Waals surface area contributed by atoms with E-state index in [9.17, 15) is 14.4 Å². The molecule has 1 atom stereocenters. The van der Waals surface area contributed by atoms with E-state index < -0.39 is 11.9 Å². The minimum atomic E-state index is -0.750. The van der Waals surface area contributed by atoms with Gasteiger partial charge in [-0.2, -0.15) is 0 Å². The maximum absolute atomic E-state index is 12.7. The molecule has 1 aromatic heterocycles. The van der Waals surface area contributed by atoms with Gasteiger partial charge >= 0.3 is 12.0 Å². The third kappa shape index (κ3) is 7.90. The highest BCUT2D eigenvalue weighted by atomic mass is 32.1. The first-order valence-corrected chi connectivity index (χ1v) is 13.6. The molecular weight excluding hydrogens is 488 g/mol. The van der Waals surface area contributed by atoms with Crippen LogP contribution in [-0.2, 0) is 9.53 Å². The third-order valence-corrected chi connectivity index (χ3v) is 7.56. The number of esters is 1. The lowest BCUT2D eigenvalue weighted by atomic mass is 9.98. The van der Waals surface area contributed by atoms with E-state index >= 15 is 0 Å². The second-order valence-electron chi connectivity index (χ2n) is 10.1. The molecule has 6 N–H and O–H groups in total. The van der Waals surface area contributed by atoms with Crippen molar-refractivity contribution in [2.24, 2.45) is 17.4 Å². The van der Waals surface area contributed by atoms with E-state index in [4.69, 9.17) is 16.2 Å². The van der Waals surface area contributed by atoms with Crippen LogP contribution >= 0.6 is 11.3 Å². The summed E-state index contributed by atoms with van der Waals surface area (Å²) in [4.78, 5) is 36.7. The molecule has 1 heterocycles. The Morgan fingerprint density at radius 2 is 1.76 bits per heavy atom. The van der Waals surface area contributed by atoms with Crippen LogP contribution < -0.4 is 22.1 Å². The number of ether oxygens (including phenoxy) is 1. The molecular formula is C28H38N4O4S. The molecule has 0 saturated heterocycles. The first-order chi connectivity index (χ1) is 17.5. The summed E-state index contributed by atoms with van der Waals surface area (Å²) < 4.78 is 5.75. The van der Waals surface area contributed by atoms with Gasteiger partial charge in [0.05, 0.1) is 5.56 Å². The standard InChI is InChI=1S/C28H38N4O4S/c1-16(2)12-23(27(34)36-20-8-5-6-9-20)31-11-7-10-21-17(3)13-19(14-18(21)4)24-15-22(25(29)33)26(37-24)32-28(30)35/h7,10,13-16,20,23,31H,5-6,8-9,11-12H2,1-4H3,(H2,29,33)(H3,30,32,35)/b10-7+/t23-/m1/s1. The van der Waals surface area contributed by atoms with Crippen LogP contribution in [0.25, 0.3) is 16.5 Å². The van der Waals surface area contributed by atoms with Crippen molar-refractivity contribution in [3.05, 3.63) is 46.5 Å². The molecule has 9 heteroatoms. The van der Waals surface area contributed by atoms with Gasteiger partial charge in [0.15, 0.2) is 0 Å². The summed E-state index contributed by atoms with van der Waals surface area (Å²) >= 11 is 1.25. The summed E-state index contributed by atoms with van der Waals surface area (Å²) in [5.41, 5.74) is 15.1. The average Bonchev–Trinajstić information content (AvgIpc) is 3.46. The number of carbonyl (C=O) groups excluding carboxylic acids is 3. The van der Waals surface area contributed by atoms with E-state index in [1.807, 2.05) is 32.1 Å². The quantitative estimate of drug-likeness (QED) is 0.301. The van der Waals surface area contributed by atoms with Crippen LogP contribution in [0.4, 0.5) is 9.80 Å². The molecule has 0 unspecified atom stereocenters. The highest BCUT2D eigenvalue weighted by Crippen LogP contribution is 2.37. The van der Waals surface area contributed by atoms with Gasteiger partial charge in [0.1, 0.15) is 17.1 Å². The zero-order valence-electron chi connectivity index (χ0n) is 22.1. The van der Waals surface area contributed by atoms with Gasteiger partial charge in [-0.3, -0.25) is 14.9 Å². The SMILES string of the molecule is Cc1cc(-c2cc(C(N)=O)c(NC(N)=O)s2)cc(C)c1/C=C/CN[C@H](CC(C)C)C(=O)OC1CCCC1. The number of nitrogens with two attached hydrogens (primary N) is 2. The summed E-state index contributed by atoms with van der Waals surface area (Å²) in [5.74, 6) is -0.405. The molecule has 0 bridgehead atoms. The van der Waals surface area contributed by atoms with Crippen molar-refractivity contribution in [1.82, 2.24) is 5.32 Å². The van der Waals surface area contributed by atoms with Crippen molar-refractivity contribution >= 4 is 40.3 Å². The van der Waals surface area contributed by atoms with Gasteiger partial charge in [-0.05, 0) is 80.2 Å². The van der Waals surface area contributed by atoms with E-state index in [1.54, 1.807) is 6.07 Å². The maximum atomic E-state index is 12.7. The summed E-state index contributed by atoms with van der Waals surface area (Å²) in [6.45, 7) is 8.81. The number of rotatable bonds is 11. The first kappa shape index (κ1) is 28.4. The Morgan fingerprint density at radius 3 is 2.32 bits per heavy atom. The van der Waals surface area contributed by atoms with Gasteiger partial charge in [-0.25, -0.2) is 4.79 Å². The number of nitrogens with one attached hydrogen (secondary N) is 2. The van der Waals surface area contributed by atoms with Crippen LogP contribution in [0.5, 0.6) is 0 Å². The van der Waals surface area contributed by atoms with Crippen LogP contribution in [0.15, 0.2) is 24.3 Å². The Hall–Kier alpha value is -3.17.